The van der Waals surface area contributed by atoms with Crippen molar-refractivity contribution in [3.05, 3.63) is 59.7 Å². The van der Waals surface area contributed by atoms with Crippen LogP contribution in [-0.2, 0) is 16.1 Å². The van der Waals surface area contributed by atoms with Crippen molar-refractivity contribution >= 4 is 30.2 Å². The number of nitrogens with one attached hydrogen (secondary N) is 1. The summed E-state index contributed by atoms with van der Waals surface area (Å²) >= 11 is 0. The molecule has 1 saturated carbocycles. The highest BCUT2D eigenvalue weighted by Gasteiger charge is 2.54. The number of amides is 2. The first kappa shape index (κ1) is 31.8. The van der Waals surface area contributed by atoms with E-state index in [1.54, 1.807) is 12.1 Å². The summed E-state index contributed by atoms with van der Waals surface area (Å²) < 4.78 is 5.85. The Balaban J connectivity index is 0.00000405. The van der Waals surface area contributed by atoms with Crippen LogP contribution in [0, 0.1) is 0 Å². The number of hydrogen-bond acceptors (Lipinski definition) is 6. The minimum atomic E-state index is -0.975. The van der Waals surface area contributed by atoms with Crippen LogP contribution in [0.5, 0.6) is 11.5 Å². The second-order valence-corrected chi connectivity index (χ2v) is 11.9. The Kier molecular flexibility index (Phi) is 10.2. The van der Waals surface area contributed by atoms with Crippen LogP contribution in [0.4, 0.5) is 0 Å². The number of piperazine rings is 1. The van der Waals surface area contributed by atoms with Crippen molar-refractivity contribution in [2.24, 2.45) is 0 Å². The number of rotatable bonds is 9. The number of carboxylic acid groups (broad SMARTS) is 1. The van der Waals surface area contributed by atoms with Gasteiger partial charge in [-0.2, -0.15) is 0 Å². The fourth-order valence-electron chi connectivity index (χ4n) is 6.66. The number of ether oxygens (including phenoxy) is 1. The molecule has 2 aliphatic heterocycles. The maximum atomic E-state index is 13.7. The lowest BCUT2D eigenvalue weighted by Crippen LogP contribution is -2.73. The zero-order chi connectivity index (χ0) is 29.0. The topological polar surface area (TPSA) is 119 Å². The van der Waals surface area contributed by atoms with Gasteiger partial charge in [-0.1, -0.05) is 38.3 Å². The highest BCUT2D eigenvalue weighted by atomic mass is 35.5. The number of carbonyl (C=O) groups is 3. The molecule has 9 nitrogen and oxygen atoms in total. The van der Waals surface area contributed by atoms with E-state index in [9.17, 15) is 19.5 Å². The molecule has 0 radical (unpaired) electrons. The third-order valence-electron chi connectivity index (χ3n) is 8.97. The molecule has 5 rings (SSSR count). The average Bonchev–Trinajstić information content (AvgIpc) is 2.97. The van der Waals surface area contributed by atoms with E-state index in [-0.39, 0.29) is 29.8 Å². The van der Waals surface area contributed by atoms with Crippen LogP contribution in [0.1, 0.15) is 80.6 Å². The van der Waals surface area contributed by atoms with Crippen LogP contribution >= 0.6 is 12.4 Å². The van der Waals surface area contributed by atoms with Crippen molar-refractivity contribution in [2.75, 3.05) is 19.6 Å². The summed E-state index contributed by atoms with van der Waals surface area (Å²) in [6.45, 7) is 4.70. The van der Waals surface area contributed by atoms with Gasteiger partial charge in [0.05, 0.1) is 11.2 Å². The van der Waals surface area contributed by atoms with E-state index in [2.05, 4.69) is 10.2 Å². The van der Waals surface area contributed by atoms with Crippen LogP contribution in [0.25, 0.3) is 0 Å². The number of carboxylic acids is 1. The van der Waals surface area contributed by atoms with Crippen molar-refractivity contribution in [1.29, 1.82) is 0 Å². The summed E-state index contributed by atoms with van der Waals surface area (Å²) in [5.41, 5.74) is -0.376. The first-order valence-corrected chi connectivity index (χ1v) is 14.9. The minimum Gasteiger partial charge on any atom is -0.478 e. The molecule has 42 heavy (non-hydrogen) atoms. The molecule has 3 aliphatic rings. The number of likely N-dealkylation sites (tertiary alicyclic amines) is 1. The number of piperidine rings is 1. The van der Waals surface area contributed by atoms with Gasteiger partial charge in [-0.15, -0.1) is 12.4 Å². The van der Waals surface area contributed by atoms with Gasteiger partial charge in [0, 0.05) is 32.6 Å². The Morgan fingerprint density at radius 2 is 1.55 bits per heavy atom. The van der Waals surface area contributed by atoms with Gasteiger partial charge in [-0.3, -0.25) is 14.5 Å². The number of carbonyl (C=O) groups excluding carboxylic acids is 2. The molecule has 0 aromatic heterocycles. The maximum Gasteiger partial charge on any atom is 0.335 e. The predicted octanol–water partition coefficient (Wildman–Crippen LogP) is 4.76. The normalized spacial score (nSPS) is 21.9. The summed E-state index contributed by atoms with van der Waals surface area (Å²) in [6, 6.07) is 13.4. The van der Waals surface area contributed by atoms with Gasteiger partial charge in [0.1, 0.15) is 23.1 Å². The van der Waals surface area contributed by atoms with E-state index >= 15 is 0 Å². The Labute approximate surface area is 253 Å². The molecule has 2 amide bonds. The minimum absolute atomic E-state index is 0. The fraction of sp³-hybridized carbons (Fsp3) is 0.531. The lowest BCUT2D eigenvalue weighted by atomic mass is 9.77. The second-order valence-electron chi connectivity index (χ2n) is 11.9. The van der Waals surface area contributed by atoms with E-state index in [1.165, 1.54) is 12.1 Å². The molecule has 228 valence electrons. The van der Waals surface area contributed by atoms with E-state index < -0.39 is 23.2 Å². The quantitative estimate of drug-likeness (QED) is 0.380. The van der Waals surface area contributed by atoms with Gasteiger partial charge in [-0.25, -0.2) is 4.79 Å². The van der Waals surface area contributed by atoms with Crippen molar-refractivity contribution in [1.82, 2.24) is 15.1 Å². The molecule has 2 saturated heterocycles. The molecule has 0 bridgehead atoms. The van der Waals surface area contributed by atoms with E-state index in [4.69, 9.17) is 9.84 Å². The lowest BCUT2D eigenvalue weighted by molar-refractivity contribution is -0.163. The molecule has 2 aromatic carbocycles. The molecular formula is C32H42ClN3O6. The fourth-order valence-corrected chi connectivity index (χ4v) is 6.66. The largest absolute Gasteiger partial charge is 0.478 e. The number of aromatic carboxylic acids is 1. The van der Waals surface area contributed by atoms with Crippen LogP contribution in [0.2, 0.25) is 0 Å². The van der Waals surface area contributed by atoms with Gasteiger partial charge < -0.3 is 25.2 Å². The predicted molar refractivity (Wildman–Crippen MR) is 161 cm³/mol. The number of benzene rings is 2. The van der Waals surface area contributed by atoms with Crippen molar-refractivity contribution in [3.63, 3.8) is 0 Å². The van der Waals surface area contributed by atoms with Gasteiger partial charge in [0.2, 0.25) is 11.8 Å². The summed E-state index contributed by atoms with van der Waals surface area (Å²) in [6.07, 6.45) is 6.64. The maximum absolute atomic E-state index is 13.7. The number of hydrogen-bond donors (Lipinski definition) is 3. The molecule has 2 aromatic rings. The molecule has 3 fully saturated rings. The summed E-state index contributed by atoms with van der Waals surface area (Å²) in [7, 11) is 0. The number of halogens is 1. The monoisotopic (exact) mass is 599 g/mol. The van der Waals surface area contributed by atoms with E-state index in [0.717, 1.165) is 37.8 Å². The zero-order valence-electron chi connectivity index (χ0n) is 24.2. The van der Waals surface area contributed by atoms with Crippen LogP contribution in [-0.4, -0.2) is 74.6 Å². The highest BCUT2D eigenvalue weighted by Crippen LogP contribution is 2.37. The summed E-state index contributed by atoms with van der Waals surface area (Å²) in [5, 5.41) is 23.2. The van der Waals surface area contributed by atoms with Gasteiger partial charge in [-0.05, 0) is 74.1 Å². The van der Waals surface area contributed by atoms with Crippen molar-refractivity contribution in [3.8, 4) is 11.5 Å². The number of nitrogens with zero attached hydrogens (tertiary/aromatic N) is 2. The zero-order valence-corrected chi connectivity index (χ0v) is 25.0. The molecule has 2 heterocycles. The van der Waals surface area contributed by atoms with Gasteiger partial charge in [0.15, 0.2) is 0 Å². The first-order valence-electron chi connectivity index (χ1n) is 14.9. The molecule has 0 unspecified atom stereocenters. The molecule has 3 N–H and O–H groups in total. The SMILES string of the molecule is CCCN1C(=O)[C@@H](CC2(O)CCCCC2)NC(=O)C12CCN(Cc1ccc(Oc3ccc(C(=O)O)cc3)cc1)CC2.Cl. The first-order chi connectivity index (χ1) is 19.7. The Morgan fingerprint density at radius 3 is 2.12 bits per heavy atom. The summed E-state index contributed by atoms with van der Waals surface area (Å²) in [4.78, 5) is 42.5. The Bertz CT molecular complexity index is 1240. The van der Waals surface area contributed by atoms with E-state index in [0.29, 0.717) is 63.2 Å². The average molecular weight is 600 g/mol. The molecular weight excluding hydrogens is 558 g/mol. The smallest absolute Gasteiger partial charge is 0.335 e. The molecule has 1 atom stereocenters. The third-order valence-corrected chi connectivity index (χ3v) is 8.97. The molecule has 1 spiro atoms. The highest BCUT2D eigenvalue weighted by molar-refractivity contribution is 6.00. The van der Waals surface area contributed by atoms with Crippen LogP contribution in [0.15, 0.2) is 48.5 Å². The molecule has 10 heteroatoms. The standard InChI is InChI=1S/C32H41N3O6.ClH/c1-2-18-35-28(36)27(21-31(40)14-4-3-5-15-31)33-30(39)32(35)16-19-34(20-17-32)22-23-6-10-25(11-7-23)41-26-12-8-24(9-13-26)29(37)38;/h6-13,27,40H,2-5,14-22H2,1H3,(H,33,39)(H,37,38);1H/t27-;/m1./s1. The van der Waals surface area contributed by atoms with E-state index in [1.807, 2.05) is 36.1 Å². The van der Waals surface area contributed by atoms with Crippen LogP contribution < -0.4 is 10.1 Å². The molecule has 1 aliphatic carbocycles. The van der Waals surface area contributed by atoms with Gasteiger partial charge >= 0.3 is 5.97 Å². The Hall–Kier alpha value is -3.14. The third kappa shape index (κ3) is 6.90. The van der Waals surface area contributed by atoms with Crippen molar-refractivity contribution < 1.29 is 29.3 Å². The Morgan fingerprint density at radius 1 is 0.952 bits per heavy atom. The summed E-state index contributed by atoms with van der Waals surface area (Å²) in [5.74, 6) is 0.127. The van der Waals surface area contributed by atoms with Crippen molar-refractivity contribution in [2.45, 2.75) is 88.4 Å². The van der Waals surface area contributed by atoms with Gasteiger partial charge in [0.25, 0.3) is 0 Å². The number of aliphatic hydroxyl groups is 1. The lowest BCUT2D eigenvalue weighted by Gasteiger charge is -2.52. The van der Waals surface area contributed by atoms with Crippen LogP contribution in [0.3, 0.4) is 0 Å². The second kappa shape index (κ2) is 13.4.